The molecule has 102 valence electrons. The Kier molecular flexibility index (Phi) is 5.19. The van der Waals surface area contributed by atoms with Crippen molar-refractivity contribution in [2.45, 2.75) is 46.7 Å². The number of aryl methyl sites for hydroxylation is 1. The summed E-state index contributed by atoms with van der Waals surface area (Å²) in [5, 5.41) is 3.65. The van der Waals surface area contributed by atoms with E-state index in [-0.39, 0.29) is 0 Å². The van der Waals surface area contributed by atoms with Crippen molar-refractivity contribution in [2.24, 2.45) is 5.92 Å². The first-order valence-corrected chi connectivity index (χ1v) is 8.32. The third-order valence-electron chi connectivity index (χ3n) is 4.08. The number of nitrogens with zero attached hydrogens (tertiary/aromatic N) is 1. The average Bonchev–Trinajstić information content (AvgIpc) is 2.65. The van der Waals surface area contributed by atoms with Gasteiger partial charge in [0, 0.05) is 24.5 Å². The van der Waals surface area contributed by atoms with E-state index in [0.717, 1.165) is 19.0 Å². The van der Waals surface area contributed by atoms with Gasteiger partial charge in [-0.15, -0.1) is 0 Å². The Morgan fingerprint density at radius 3 is 2.67 bits per heavy atom. The van der Waals surface area contributed by atoms with E-state index >= 15 is 0 Å². The maximum absolute atomic E-state index is 3.65. The van der Waals surface area contributed by atoms with Crippen LogP contribution in [0.2, 0.25) is 0 Å². The Bertz CT molecular complexity index is 378. The number of aromatic nitrogens is 1. The minimum atomic E-state index is 0.904. The quantitative estimate of drug-likeness (QED) is 0.880. The Morgan fingerprint density at radius 2 is 2.06 bits per heavy atom. The molecule has 0 spiro atoms. The molecule has 1 aromatic heterocycles. The Morgan fingerprint density at radius 1 is 1.33 bits per heavy atom. The predicted molar refractivity (Wildman–Crippen MR) is 81.3 cm³/mol. The van der Waals surface area contributed by atoms with Gasteiger partial charge in [0.15, 0.2) is 0 Å². The molecule has 2 heterocycles. The van der Waals surface area contributed by atoms with Gasteiger partial charge in [-0.1, -0.05) is 0 Å². The SMILES string of the molecule is CCn1c(C)cc(CNCC2CCSCC2)c1C. The molecular weight excluding hydrogens is 240 g/mol. The summed E-state index contributed by atoms with van der Waals surface area (Å²) in [5.74, 6) is 3.62. The molecule has 0 saturated carbocycles. The van der Waals surface area contributed by atoms with Gasteiger partial charge in [-0.05, 0) is 69.2 Å². The Labute approximate surface area is 116 Å². The second-order valence-corrected chi connectivity index (χ2v) is 6.55. The monoisotopic (exact) mass is 266 g/mol. The molecular formula is C15H26N2S. The van der Waals surface area contributed by atoms with Crippen molar-refractivity contribution in [2.75, 3.05) is 18.1 Å². The highest BCUT2D eigenvalue weighted by Gasteiger charge is 2.13. The van der Waals surface area contributed by atoms with E-state index < -0.39 is 0 Å². The summed E-state index contributed by atoms with van der Waals surface area (Å²) < 4.78 is 2.40. The first-order chi connectivity index (χ1) is 8.72. The second-order valence-electron chi connectivity index (χ2n) is 5.33. The zero-order valence-corrected chi connectivity index (χ0v) is 12.8. The molecule has 0 unspecified atom stereocenters. The standard InChI is InChI=1S/C15H26N2S/c1-4-17-12(2)9-15(13(17)3)11-16-10-14-5-7-18-8-6-14/h9,14,16H,4-8,10-11H2,1-3H3. The lowest BCUT2D eigenvalue weighted by Crippen LogP contribution is -2.25. The molecule has 0 aromatic carbocycles. The summed E-state index contributed by atoms with van der Waals surface area (Å²) >= 11 is 2.11. The largest absolute Gasteiger partial charge is 0.349 e. The van der Waals surface area contributed by atoms with E-state index in [1.165, 1.54) is 47.8 Å². The lowest BCUT2D eigenvalue weighted by molar-refractivity contribution is 0.447. The molecule has 2 nitrogen and oxygen atoms in total. The van der Waals surface area contributed by atoms with Gasteiger partial charge in [0.1, 0.15) is 0 Å². The minimum Gasteiger partial charge on any atom is -0.349 e. The second kappa shape index (κ2) is 6.67. The van der Waals surface area contributed by atoms with Crippen molar-refractivity contribution in [1.82, 2.24) is 9.88 Å². The first kappa shape index (κ1) is 14.0. The maximum atomic E-state index is 3.65. The van der Waals surface area contributed by atoms with Crippen LogP contribution >= 0.6 is 11.8 Å². The molecule has 1 aliphatic heterocycles. The van der Waals surface area contributed by atoms with Crippen molar-refractivity contribution >= 4 is 11.8 Å². The normalized spacial score (nSPS) is 17.3. The van der Waals surface area contributed by atoms with E-state index in [9.17, 15) is 0 Å². The smallest absolute Gasteiger partial charge is 0.0223 e. The van der Waals surface area contributed by atoms with Crippen LogP contribution in [0.15, 0.2) is 6.07 Å². The van der Waals surface area contributed by atoms with Crippen LogP contribution < -0.4 is 5.32 Å². The van der Waals surface area contributed by atoms with Crippen molar-refractivity contribution in [3.05, 3.63) is 23.0 Å². The van der Waals surface area contributed by atoms with Crippen molar-refractivity contribution in [3.63, 3.8) is 0 Å². The summed E-state index contributed by atoms with van der Waals surface area (Å²) in [5.41, 5.74) is 4.29. The van der Waals surface area contributed by atoms with Gasteiger partial charge in [0.05, 0.1) is 0 Å². The molecule has 0 bridgehead atoms. The third kappa shape index (κ3) is 3.33. The van der Waals surface area contributed by atoms with Gasteiger partial charge in [0.25, 0.3) is 0 Å². The lowest BCUT2D eigenvalue weighted by Gasteiger charge is -2.21. The van der Waals surface area contributed by atoms with E-state index in [0.29, 0.717) is 0 Å². The first-order valence-electron chi connectivity index (χ1n) is 7.16. The number of thioether (sulfide) groups is 1. The molecule has 1 N–H and O–H groups in total. The van der Waals surface area contributed by atoms with Gasteiger partial charge >= 0.3 is 0 Å². The Balaban J connectivity index is 1.82. The van der Waals surface area contributed by atoms with Gasteiger partial charge in [-0.25, -0.2) is 0 Å². The predicted octanol–water partition coefficient (Wildman–Crippen LogP) is 3.36. The topological polar surface area (TPSA) is 17.0 Å². The van der Waals surface area contributed by atoms with E-state index in [4.69, 9.17) is 0 Å². The fraction of sp³-hybridized carbons (Fsp3) is 0.733. The number of hydrogen-bond acceptors (Lipinski definition) is 2. The van der Waals surface area contributed by atoms with Gasteiger partial charge in [-0.2, -0.15) is 11.8 Å². The van der Waals surface area contributed by atoms with E-state index in [1.807, 2.05) is 0 Å². The van der Waals surface area contributed by atoms with Crippen LogP contribution in [0, 0.1) is 19.8 Å². The third-order valence-corrected chi connectivity index (χ3v) is 5.13. The molecule has 1 fully saturated rings. The van der Waals surface area contributed by atoms with E-state index in [1.54, 1.807) is 0 Å². The van der Waals surface area contributed by atoms with Crippen LogP contribution in [-0.2, 0) is 13.1 Å². The zero-order valence-electron chi connectivity index (χ0n) is 12.0. The number of nitrogens with one attached hydrogen (secondary N) is 1. The molecule has 3 heteroatoms. The molecule has 0 radical (unpaired) electrons. The molecule has 1 saturated heterocycles. The molecule has 1 aromatic rings. The molecule has 0 amide bonds. The van der Waals surface area contributed by atoms with Crippen LogP contribution in [0.4, 0.5) is 0 Å². The maximum Gasteiger partial charge on any atom is 0.0223 e. The highest BCUT2D eigenvalue weighted by atomic mass is 32.2. The van der Waals surface area contributed by atoms with Crippen LogP contribution in [0.3, 0.4) is 0 Å². The molecule has 1 aliphatic rings. The summed E-state index contributed by atoms with van der Waals surface area (Å²) in [6, 6.07) is 2.34. The van der Waals surface area contributed by atoms with Crippen molar-refractivity contribution < 1.29 is 0 Å². The molecule has 0 atom stereocenters. The Hall–Kier alpha value is -0.410. The number of rotatable bonds is 5. The fourth-order valence-corrected chi connectivity index (χ4v) is 4.10. The van der Waals surface area contributed by atoms with Crippen molar-refractivity contribution in [3.8, 4) is 0 Å². The summed E-state index contributed by atoms with van der Waals surface area (Å²) in [6.07, 6.45) is 2.79. The zero-order chi connectivity index (χ0) is 13.0. The summed E-state index contributed by atoms with van der Waals surface area (Å²) in [4.78, 5) is 0. The fourth-order valence-electron chi connectivity index (χ4n) is 2.90. The highest BCUT2D eigenvalue weighted by molar-refractivity contribution is 7.99. The average molecular weight is 266 g/mol. The summed E-state index contributed by atoms with van der Waals surface area (Å²) in [6.45, 7) is 9.97. The highest BCUT2D eigenvalue weighted by Crippen LogP contribution is 2.22. The van der Waals surface area contributed by atoms with Crippen molar-refractivity contribution in [1.29, 1.82) is 0 Å². The van der Waals surface area contributed by atoms with Crippen LogP contribution in [0.5, 0.6) is 0 Å². The van der Waals surface area contributed by atoms with Crippen LogP contribution in [0.1, 0.15) is 36.7 Å². The number of hydrogen-bond donors (Lipinski definition) is 1. The lowest BCUT2D eigenvalue weighted by atomic mass is 10.0. The van der Waals surface area contributed by atoms with Crippen LogP contribution in [-0.4, -0.2) is 22.6 Å². The van der Waals surface area contributed by atoms with E-state index in [2.05, 4.69) is 48.5 Å². The van der Waals surface area contributed by atoms with Gasteiger partial charge in [-0.3, -0.25) is 0 Å². The minimum absolute atomic E-state index is 0.904. The molecule has 2 rings (SSSR count). The summed E-state index contributed by atoms with van der Waals surface area (Å²) in [7, 11) is 0. The van der Waals surface area contributed by atoms with Gasteiger partial charge in [0.2, 0.25) is 0 Å². The molecule has 0 aliphatic carbocycles. The van der Waals surface area contributed by atoms with Crippen LogP contribution in [0.25, 0.3) is 0 Å². The van der Waals surface area contributed by atoms with Gasteiger partial charge < -0.3 is 9.88 Å². The molecule has 18 heavy (non-hydrogen) atoms.